The first kappa shape index (κ1) is 16.3. The molecule has 24 heavy (non-hydrogen) atoms. The van der Waals surface area contributed by atoms with Gasteiger partial charge >= 0.3 is 0 Å². The fourth-order valence-electron chi connectivity index (χ4n) is 2.92. The maximum Gasteiger partial charge on any atom is 0.254 e. The van der Waals surface area contributed by atoms with Gasteiger partial charge in [0.1, 0.15) is 11.6 Å². The molecule has 3 rings (SSSR count). The van der Waals surface area contributed by atoms with Gasteiger partial charge in [-0.3, -0.25) is 4.79 Å². The van der Waals surface area contributed by atoms with Crippen molar-refractivity contribution in [3.63, 3.8) is 0 Å². The van der Waals surface area contributed by atoms with Gasteiger partial charge in [0.15, 0.2) is 0 Å². The third-order valence-corrected chi connectivity index (χ3v) is 4.22. The van der Waals surface area contributed by atoms with Crippen LogP contribution < -0.4 is 5.56 Å². The van der Waals surface area contributed by atoms with E-state index in [1.807, 2.05) is 38.1 Å². The topological polar surface area (TPSA) is 71.5 Å². The van der Waals surface area contributed by atoms with Crippen LogP contribution >= 0.6 is 0 Å². The molecule has 1 aromatic carbocycles. The summed E-state index contributed by atoms with van der Waals surface area (Å²) in [6.07, 6.45) is 3.26. The molecule has 2 heterocycles. The Hall–Kier alpha value is -2.56. The molecular weight excluding hydrogens is 300 g/mol. The number of unbranched alkanes of at least 4 members (excludes halogenated alkanes) is 1. The van der Waals surface area contributed by atoms with E-state index in [4.69, 9.17) is 0 Å². The third kappa shape index (κ3) is 3.35. The van der Waals surface area contributed by atoms with E-state index in [1.54, 1.807) is 0 Å². The molecule has 124 valence electrons. The first-order chi connectivity index (χ1) is 11.6. The van der Waals surface area contributed by atoms with Gasteiger partial charge in [0.25, 0.3) is 5.56 Å². The molecule has 0 aliphatic heterocycles. The zero-order chi connectivity index (χ0) is 17.1. The maximum atomic E-state index is 12.3. The fraction of sp³-hybridized carbons (Fsp3) is 0.368. The van der Waals surface area contributed by atoms with Crippen LogP contribution in [0.1, 0.15) is 48.4 Å². The number of aromatic amines is 1. The Bertz CT molecular complexity index is 930. The molecule has 0 fully saturated rings. The van der Waals surface area contributed by atoms with Crippen molar-refractivity contribution >= 4 is 10.9 Å². The zero-order valence-corrected chi connectivity index (χ0v) is 14.4. The van der Waals surface area contributed by atoms with Gasteiger partial charge < -0.3 is 4.98 Å². The van der Waals surface area contributed by atoms with Gasteiger partial charge in [-0.25, -0.2) is 15.0 Å². The molecule has 0 radical (unpaired) electrons. The van der Waals surface area contributed by atoms with E-state index in [2.05, 4.69) is 26.9 Å². The number of benzene rings is 1. The standard InChI is InChI=1S/C19H22N4O/c1-4-5-8-15-13(3)21-18(23-19(15)24)11-17-20-12(2)14-9-6-7-10-16(14)22-17/h6-7,9-10H,4-5,8,11H2,1-3H3,(H,21,23,24). The molecule has 0 aliphatic rings. The predicted octanol–water partition coefficient (Wildman–Crippen LogP) is 3.26. The highest BCUT2D eigenvalue weighted by molar-refractivity contribution is 5.80. The Morgan fingerprint density at radius 1 is 1.04 bits per heavy atom. The lowest BCUT2D eigenvalue weighted by molar-refractivity contribution is 0.761. The molecule has 0 saturated heterocycles. The van der Waals surface area contributed by atoms with Gasteiger partial charge in [0.2, 0.25) is 0 Å². The van der Waals surface area contributed by atoms with Crippen LogP contribution in [-0.2, 0) is 12.8 Å². The van der Waals surface area contributed by atoms with E-state index in [1.165, 1.54) is 0 Å². The number of para-hydroxylation sites is 1. The SMILES string of the molecule is CCCCc1c(C)nc(Cc2nc(C)c3ccccc3n2)[nH]c1=O. The molecule has 0 spiro atoms. The van der Waals surface area contributed by atoms with Crippen LogP contribution in [0.4, 0.5) is 0 Å². The molecule has 5 heteroatoms. The summed E-state index contributed by atoms with van der Waals surface area (Å²) in [6.45, 7) is 5.99. The lowest BCUT2D eigenvalue weighted by Crippen LogP contribution is -2.19. The normalized spacial score (nSPS) is 11.1. The smallest absolute Gasteiger partial charge is 0.254 e. The Balaban J connectivity index is 1.93. The minimum atomic E-state index is -0.0385. The quantitative estimate of drug-likeness (QED) is 0.782. The average molecular weight is 322 g/mol. The van der Waals surface area contributed by atoms with Gasteiger partial charge in [0.05, 0.1) is 11.9 Å². The van der Waals surface area contributed by atoms with E-state index in [-0.39, 0.29) is 5.56 Å². The summed E-state index contributed by atoms with van der Waals surface area (Å²) in [5, 5.41) is 1.05. The van der Waals surface area contributed by atoms with Gasteiger partial charge in [-0.2, -0.15) is 0 Å². The molecule has 0 atom stereocenters. The number of fused-ring (bicyclic) bond motifs is 1. The van der Waals surface area contributed by atoms with Crippen LogP contribution in [0.15, 0.2) is 29.1 Å². The number of hydrogen-bond donors (Lipinski definition) is 1. The minimum absolute atomic E-state index is 0.0385. The summed E-state index contributed by atoms with van der Waals surface area (Å²) >= 11 is 0. The number of aromatic nitrogens is 4. The van der Waals surface area contributed by atoms with Crippen molar-refractivity contribution in [2.24, 2.45) is 0 Å². The molecular formula is C19H22N4O. The molecule has 0 aliphatic carbocycles. The highest BCUT2D eigenvalue weighted by atomic mass is 16.1. The van der Waals surface area contributed by atoms with Crippen LogP contribution in [0.3, 0.4) is 0 Å². The van der Waals surface area contributed by atoms with Crippen LogP contribution in [0.2, 0.25) is 0 Å². The van der Waals surface area contributed by atoms with Crippen molar-refractivity contribution in [3.8, 4) is 0 Å². The van der Waals surface area contributed by atoms with E-state index >= 15 is 0 Å². The monoisotopic (exact) mass is 322 g/mol. The largest absolute Gasteiger partial charge is 0.310 e. The second kappa shape index (κ2) is 6.91. The zero-order valence-electron chi connectivity index (χ0n) is 14.4. The Labute approximate surface area is 141 Å². The second-order valence-corrected chi connectivity index (χ2v) is 6.10. The van der Waals surface area contributed by atoms with Crippen molar-refractivity contribution < 1.29 is 0 Å². The Kier molecular flexibility index (Phi) is 4.69. The van der Waals surface area contributed by atoms with Crippen molar-refractivity contribution in [1.82, 2.24) is 19.9 Å². The number of nitrogens with one attached hydrogen (secondary N) is 1. The fourth-order valence-corrected chi connectivity index (χ4v) is 2.92. The molecule has 0 unspecified atom stereocenters. The van der Waals surface area contributed by atoms with E-state index in [0.29, 0.717) is 18.1 Å². The maximum absolute atomic E-state index is 12.3. The predicted molar refractivity (Wildman–Crippen MR) is 95.3 cm³/mol. The number of nitrogens with zero attached hydrogens (tertiary/aromatic N) is 3. The van der Waals surface area contributed by atoms with Gasteiger partial charge in [-0.05, 0) is 32.8 Å². The first-order valence-electron chi connectivity index (χ1n) is 8.39. The highest BCUT2D eigenvalue weighted by Gasteiger charge is 2.10. The first-order valence-corrected chi connectivity index (χ1v) is 8.39. The molecule has 0 amide bonds. The van der Waals surface area contributed by atoms with Crippen molar-refractivity contribution in [2.45, 2.75) is 46.5 Å². The summed E-state index contributed by atoms with van der Waals surface area (Å²) in [5.74, 6) is 1.29. The van der Waals surface area contributed by atoms with Crippen LogP contribution in [0, 0.1) is 13.8 Å². The van der Waals surface area contributed by atoms with Gasteiger partial charge in [-0.15, -0.1) is 0 Å². The Morgan fingerprint density at radius 2 is 1.83 bits per heavy atom. The van der Waals surface area contributed by atoms with Crippen molar-refractivity contribution in [1.29, 1.82) is 0 Å². The number of rotatable bonds is 5. The molecule has 0 saturated carbocycles. The number of aryl methyl sites for hydroxylation is 2. The molecule has 0 bridgehead atoms. The van der Waals surface area contributed by atoms with Gasteiger partial charge in [0, 0.05) is 22.3 Å². The van der Waals surface area contributed by atoms with E-state index < -0.39 is 0 Å². The average Bonchev–Trinajstić information content (AvgIpc) is 2.54. The summed E-state index contributed by atoms with van der Waals surface area (Å²) in [4.78, 5) is 28.9. The van der Waals surface area contributed by atoms with Crippen molar-refractivity contribution in [3.05, 3.63) is 63.2 Å². The lowest BCUT2D eigenvalue weighted by Gasteiger charge is -2.08. The lowest BCUT2D eigenvalue weighted by atomic mass is 10.1. The summed E-state index contributed by atoms with van der Waals surface area (Å²) in [5.41, 5.74) is 3.41. The molecule has 5 nitrogen and oxygen atoms in total. The van der Waals surface area contributed by atoms with Gasteiger partial charge in [-0.1, -0.05) is 31.5 Å². The van der Waals surface area contributed by atoms with Crippen LogP contribution in [0.25, 0.3) is 10.9 Å². The second-order valence-electron chi connectivity index (χ2n) is 6.10. The number of H-pyrrole nitrogens is 1. The summed E-state index contributed by atoms with van der Waals surface area (Å²) < 4.78 is 0. The van der Waals surface area contributed by atoms with E-state index in [9.17, 15) is 4.79 Å². The van der Waals surface area contributed by atoms with Crippen LogP contribution in [-0.4, -0.2) is 19.9 Å². The summed E-state index contributed by atoms with van der Waals surface area (Å²) in [7, 11) is 0. The Morgan fingerprint density at radius 3 is 2.58 bits per heavy atom. The number of hydrogen-bond acceptors (Lipinski definition) is 4. The highest BCUT2D eigenvalue weighted by Crippen LogP contribution is 2.15. The molecule has 3 aromatic rings. The van der Waals surface area contributed by atoms with Crippen LogP contribution in [0.5, 0.6) is 0 Å². The third-order valence-electron chi connectivity index (χ3n) is 4.22. The summed E-state index contributed by atoms with van der Waals surface area (Å²) in [6, 6.07) is 7.94. The van der Waals surface area contributed by atoms with Crippen molar-refractivity contribution in [2.75, 3.05) is 0 Å². The minimum Gasteiger partial charge on any atom is -0.310 e. The molecule has 1 N–H and O–H groups in total. The van der Waals surface area contributed by atoms with E-state index in [0.717, 1.165) is 47.1 Å². The molecule has 2 aromatic heterocycles.